The largest absolute Gasteiger partial charge is 0.358 e. The predicted molar refractivity (Wildman–Crippen MR) is 66.0 cm³/mol. The number of urea groups is 1. The molecule has 1 aromatic heterocycles. The van der Waals surface area contributed by atoms with Crippen molar-refractivity contribution in [3.63, 3.8) is 0 Å². The van der Waals surface area contributed by atoms with E-state index >= 15 is 0 Å². The highest BCUT2D eigenvalue weighted by Crippen LogP contribution is 2.31. The van der Waals surface area contributed by atoms with Gasteiger partial charge < -0.3 is 10.6 Å². The van der Waals surface area contributed by atoms with E-state index in [0.717, 1.165) is 9.78 Å². The summed E-state index contributed by atoms with van der Waals surface area (Å²) >= 11 is 1.39. The van der Waals surface area contributed by atoms with Crippen LogP contribution in [0.2, 0.25) is 0 Å². The summed E-state index contributed by atoms with van der Waals surface area (Å²) in [6.07, 6.45) is 0. The zero-order chi connectivity index (χ0) is 13.3. The van der Waals surface area contributed by atoms with Gasteiger partial charge in [0.05, 0.1) is 0 Å². The second kappa shape index (κ2) is 4.41. The summed E-state index contributed by atoms with van der Waals surface area (Å²) in [5, 5.41) is 6.85. The Morgan fingerprint density at radius 1 is 1.56 bits per heavy atom. The van der Waals surface area contributed by atoms with Gasteiger partial charge in [0.25, 0.3) is 5.91 Å². The summed E-state index contributed by atoms with van der Waals surface area (Å²) in [6, 6.07) is 3.05. The molecule has 1 aliphatic rings. The van der Waals surface area contributed by atoms with Gasteiger partial charge in [-0.15, -0.1) is 11.3 Å². The number of nitrogens with zero attached hydrogens (tertiary/aromatic N) is 1. The summed E-state index contributed by atoms with van der Waals surface area (Å²) in [6.45, 7) is 1.38. The number of hydrogen-bond donors (Lipinski definition) is 2. The lowest BCUT2D eigenvalue weighted by molar-refractivity contribution is -0.134. The average molecular weight is 267 g/mol. The number of imide groups is 1. The van der Waals surface area contributed by atoms with Crippen LogP contribution >= 0.6 is 11.3 Å². The summed E-state index contributed by atoms with van der Waals surface area (Å²) in [7, 11) is 1.46. The second-order valence-corrected chi connectivity index (χ2v) is 5.04. The lowest BCUT2D eigenvalue weighted by Crippen LogP contribution is -2.42. The Balaban J connectivity index is 2.26. The SMILES string of the molecule is CNC(=O)CN1C(=O)NC(C)(c2cccs2)C1=O. The van der Waals surface area contributed by atoms with Gasteiger partial charge in [-0.05, 0) is 18.4 Å². The molecule has 0 bridgehead atoms. The maximum absolute atomic E-state index is 12.3. The molecule has 2 N–H and O–H groups in total. The smallest absolute Gasteiger partial charge is 0.325 e. The average Bonchev–Trinajstić information content (AvgIpc) is 2.93. The van der Waals surface area contributed by atoms with Crippen molar-refractivity contribution in [2.75, 3.05) is 13.6 Å². The molecule has 1 aromatic rings. The zero-order valence-corrected chi connectivity index (χ0v) is 10.8. The Hall–Kier alpha value is -1.89. The summed E-state index contributed by atoms with van der Waals surface area (Å²) in [5.74, 6) is -0.785. The molecule has 0 aliphatic carbocycles. The van der Waals surface area contributed by atoms with Crippen molar-refractivity contribution in [2.24, 2.45) is 0 Å². The molecular formula is C11H13N3O3S. The standard InChI is InChI=1S/C11H13N3O3S/c1-11(7-4-3-5-18-7)9(16)14(10(17)13-11)6-8(15)12-2/h3-5H,6H2,1-2H3,(H,12,15)(H,13,17). The third-order valence-electron chi connectivity index (χ3n) is 2.87. The number of carbonyl (C=O) groups excluding carboxylic acids is 3. The molecule has 96 valence electrons. The Morgan fingerprint density at radius 3 is 2.83 bits per heavy atom. The monoisotopic (exact) mass is 267 g/mol. The maximum Gasteiger partial charge on any atom is 0.325 e. The highest BCUT2D eigenvalue weighted by Gasteiger charge is 2.49. The van der Waals surface area contributed by atoms with Crippen molar-refractivity contribution in [1.82, 2.24) is 15.5 Å². The number of carbonyl (C=O) groups is 3. The number of nitrogens with one attached hydrogen (secondary N) is 2. The van der Waals surface area contributed by atoms with Crippen LogP contribution in [-0.4, -0.2) is 36.3 Å². The van der Waals surface area contributed by atoms with Gasteiger partial charge >= 0.3 is 6.03 Å². The quantitative estimate of drug-likeness (QED) is 0.771. The minimum absolute atomic E-state index is 0.262. The first-order chi connectivity index (χ1) is 8.49. The topological polar surface area (TPSA) is 78.5 Å². The normalized spacial score (nSPS) is 23.1. The van der Waals surface area contributed by atoms with Crippen molar-refractivity contribution in [2.45, 2.75) is 12.5 Å². The third kappa shape index (κ3) is 1.86. The van der Waals surface area contributed by atoms with E-state index in [1.165, 1.54) is 18.4 Å². The van der Waals surface area contributed by atoms with Crippen LogP contribution in [0.5, 0.6) is 0 Å². The fourth-order valence-electron chi connectivity index (χ4n) is 1.79. The van der Waals surface area contributed by atoms with Crippen molar-refractivity contribution in [3.05, 3.63) is 22.4 Å². The number of hydrogen-bond acceptors (Lipinski definition) is 4. The molecule has 2 rings (SSSR count). The summed E-state index contributed by atoms with van der Waals surface area (Å²) in [4.78, 5) is 37.0. The van der Waals surface area contributed by atoms with E-state index < -0.39 is 17.5 Å². The first kappa shape index (κ1) is 12.6. The number of likely N-dealkylation sites (N-methyl/N-ethyl adjacent to an activating group) is 1. The lowest BCUT2D eigenvalue weighted by Gasteiger charge is -2.19. The molecule has 7 heteroatoms. The molecule has 1 atom stereocenters. The summed E-state index contributed by atoms with van der Waals surface area (Å²) < 4.78 is 0. The van der Waals surface area contributed by atoms with Crippen LogP contribution in [0.25, 0.3) is 0 Å². The molecule has 2 heterocycles. The second-order valence-electron chi connectivity index (χ2n) is 4.10. The molecule has 18 heavy (non-hydrogen) atoms. The van der Waals surface area contributed by atoms with Gasteiger partial charge in [-0.2, -0.15) is 0 Å². The van der Waals surface area contributed by atoms with Crippen LogP contribution in [0.4, 0.5) is 4.79 Å². The minimum atomic E-state index is -1.07. The van der Waals surface area contributed by atoms with Gasteiger partial charge in [-0.3, -0.25) is 14.5 Å². The molecule has 0 radical (unpaired) electrons. The third-order valence-corrected chi connectivity index (χ3v) is 3.96. The first-order valence-electron chi connectivity index (χ1n) is 5.37. The van der Waals surface area contributed by atoms with Crippen molar-refractivity contribution >= 4 is 29.2 Å². The number of rotatable bonds is 3. The fraction of sp³-hybridized carbons (Fsp3) is 0.364. The van der Waals surface area contributed by atoms with Gasteiger partial charge in [-0.1, -0.05) is 6.07 Å². The highest BCUT2D eigenvalue weighted by molar-refractivity contribution is 7.10. The molecule has 4 amide bonds. The van der Waals surface area contributed by atoms with E-state index in [2.05, 4.69) is 10.6 Å². The summed E-state index contributed by atoms with van der Waals surface area (Å²) in [5.41, 5.74) is -1.07. The Bertz CT molecular complexity index is 500. The molecule has 0 saturated carbocycles. The van der Waals surface area contributed by atoms with Crippen LogP contribution in [0.1, 0.15) is 11.8 Å². The molecule has 0 aromatic carbocycles. The maximum atomic E-state index is 12.3. The van der Waals surface area contributed by atoms with Crippen LogP contribution < -0.4 is 10.6 Å². The van der Waals surface area contributed by atoms with Crippen LogP contribution in [0.3, 0.4) is 0 Å². The van der Waals surface area contributed by atoms with E-state index in [9.17, 15) is 14.4 Å². The van der Waals surface area contributed by atoms with Crippen LogP contribution in [0, 0.1) is 0 Å². The minimum Gasteiger partial charge on any atom is -0.358 e. The van der Waals surface area contributed by atoms with Crippen molar-refractivity contribution < 1.29 is 14.4 Å². The Labute approximate surface area is 108 Å². The van der Waals surface area contributed by atoms with E-state index in [1.807, 2.05) is 11.4 Å². The van der Waals surface area contributed by atoms with Crippen molar-refractivity contribution in [1.29, 1.82) is 0 Å². The number of thiophene rings is 1. The molecular weight excluding hydrogens is 254 g/mol. The van der Waals surface area contributed by atoms with E-state index in [1.54, 1.807) is 13.0 Å². The van der Waals surface area contributed by atoms with Gasteiger partial charge in [0.15, 0.2) is 5.54 Å². The van der Waals surface area contributed by atoms with E-state index in [-0.39, 0.29) is 12.5 Å². The molecule has 1 saturated heterocycles. The van der Waals surface area contributed by atoms with Gasteiger partial charge in [-0.25, -0.2) is 4.79 Å². The van der Waals surface area contributed by atoms with Gasteiger partial charge in [0, 0.05) is 11.9 Å². The van der Waals surface area contributed by atoms with Gasteiger partial charge in [0.2, 0.25) is 5.91 Å². The van der Waals surface area contributed by atoms with Crippen LogP contribution in [0.15, 0.2) is 17.5 Å². The van der Waals surface area contributed by atoms with E-state index in [4.69, 9.17) is 0 Å². The van der Waals surface area contributed by atoms with Crippen molar-refractivity contribution in [3.8, 4) is 0 Å². The predicted octanol–water partition coefficient (Wildman–Crippen LogP) is 0.261. The Morgan fingerprint density at radius 2 is 2.28 bits per heavy atom. The van der Waals surface area contributed by atoms with Crippen LogP contribution in [-0.2, 0) is 15.1 Å². The fourth-order valence-corrected chi connectivity index (χ4v) is 2.63. The van der Waals surface area contributed by atoms with E-state index in [0.29, 0.717) is 0 Å². The Kier molecular flexibility index (Phi) is 3.08. The molecule has 1 aliphatic heterocycles. The zero-order valence-electron chi connectivity index (χ0n) is 10.0. The first-order valence-corrected chi connectivity index (χ1v) is 6.25. The molecule has 0 spiro atoms. The van der Waals surface area contributed by atoms with Gasteiger partial charge in [0.1, 0.15) is 6.54 Å². The molecule has 1 fully saturated rings. The highest BCUT2D eigenvalue weighted by atomic mass is 32.1. The molecule has 6 nitrogen and oxygen atoms in total. The lowest BCUT2D eigenvalue weighted by atomic mass is 10.0. The molecule has 1 unspecified atom stereocenters. The number of amides is 4.